The molecule has 3 nitrogen and oxygen atoms in total. The van der Waals surface area contributed by atoms with Crippen molar-refractivity contribution >= 4 is 9.84 Å². The van der Waals surface area contributed by atoms with E-state index in [1.807, 2.05) is 18.2 Å². The molecule has 0 amide bonds. The second-order valence-corrected chi connectivity index (χ2v) is 8.20. The molecule has 0 aromatic heterocycles. The van der Waals surface area contributed by atoms with Gasteiger partial charge in [0.15, 0.2) is 9.84 Å². The maximum Gasteiger partial charge on any atom is 0.175 e. The molecule has 2 aromatic rings. The van der Waals surface area contributed by atoms with E-state index >= 15 is 0 Å². The molecule has 0 N–H and O–H groups in total. The monoisotopic (exact) mass is 302 g/mol. The predicted molar refractivity (Wildman–Crippen MR) is 83.5 cm³/mol. The Hall–Kier alpha value is -1.81. The minimum atomic E-state index is -3.15. The van der Waals surface area contributed by atoms with Gasteiger partial charge in [-0.25, -0.2) is 8.42 Å². The molecule has 1 aliphatic heterocycles. The predicted octanol–water partition coefficient (Wildman–Crippen LogP) is 3.43. The number of ether oxygens (including phenoxy) is 1. The SMILES string of the molecule is CC1(C)COc2cc(-c3ccc(S(C)(=O)=O)cc3)ccc21. The first-order valence-electron chi connectivity index (χ1n) is 6.85. The second kappa shape index (κ2) is 4.60. The zero-order chi connectivity index (χ0) is 15.3. The van der Waals surface area contributed by atoms with Gasteiger partial charge in [-0.1, -0.05) is 38.1 Å². The van der Waals surface area contributed by atoms with Gasteiger partial charge >= 0.3 is 0 Å². The van der Waals surface area contributed by atoms with Crippen LogP contribution in [0.2, 0.25) is 0 Å². The van der Waals surface area contributed by atoms with Crippen LogP contribution in [-0.2, 0) is 15.3 Å². The topological polar surface area (TPSA) is 43.4 Å². The molecular weight excluding hydrogens is 284 g/mol. The van der Waals surface area contributed by atoms with E-state index in [2.05, 4.69) is 26.0 Å². The highest BCUT2D eigenvalue weighted by atomic mass is 32.2. The Morgan fingerprint density at radius 2 is 1.62 bits per heavy atom. The highest BCUT2D eigenvalue weighted by Crippen LogP contribution is 2.40. The van der Waals surface area contributed by atoms with Crippen molar-refractivity contribution in [1.82, 2.24) is 0 Å². The quantitative estimate of drug-likeness (QED) is 0.853. The summed E-state index contributed by atoms with van der Waals surface area (Å²) in [6.45, 7) is 5.03. The van der Waals surface area contributed by atoms with E-state index in [1.54, 1.807) is 12.1 Å². The van der Waals surface area contributed by atoms with Gasteiger partial charge < -0.3 is 4.74 Å². The van der Waals surface area contributed by atoms with Crippen LogP contribution in [0.5, 0.6) is 5.75 Å². The van der Waals surface area contributed by atoms with E-state index in [0.717, 1.165) is 16.9 Å². The van der Waals surface area contributed by atoms with E-state index in [9.17, 15) is 8.42 Å². The van der Waals surface area contributed by atoms with E-state index in [4.69, 9.17) is 4.74 Å². The minimum Gasteiger partial charge on any atom is -0.492 e. The summed E-state index contributed by atoms with van der Waals surface area (Å²) in [6, 6.07) is 13.1. The third-order valence-electron chi connectivity index (χ3n) is 3.92. The third-order valence-corrected chi connectivity index (χ3v) is 5.04. The molecule has 0 saturated carbocycles. The lowest BCUT2D eigenvalue weighted by molar-refractivity contribution is 0.291. The maximum absolute atomic E-state index is 11.5. The van der Waals surface area contributed by atoms with Crippen LogP contribution in [0.25, 0.3) is 11.1 Å². The molecule has 0 bridgehead atoms. The van der Waals surface area contributed by atoms with Crippen molar-refractivity contribution in [3.63, 3.8) is 0 Å². The number of hydrogen-bond acceptors (Lipinski definition) is 3. The van der Waals surface area contributed by atoms with Crippen molar-refractivity contribution in [2.45, 2.75) is 24.2 Å². The van der Waals surface area contributed by atoms with Crippen LogP contribution in [0.4, 0.5) is 0 Å². The first-order valence-corrected chi connectivity index (χ1v) is 8.74. The molecule has 1 heterocycles. The molecule has 2 aromatic carbocycles. The Labute approximate surface area is 125 Å². The molecule has 0 spiro atoms. The van der Waals surface area contributed by atoms with Gasteiger partial charge in [-0.15, -0.1) is 0 Å². The van der Waals surface area contributed by atoms with Crippen LogP contribution < -0.4 is 4.74 Å². The lowest BCUT2D eigenvalue weighted by Crippen LogP contribution is -2.18. The Kier molecular flexibility index (Phi) is 3.10. The highest BCUT2D eigenvalue weighted by molar-refractivity contribution is 7.90. The van der Waals surface area contributed by atoms with Gasteiger partial charge in [0.25, 0.3) is 0 Å². The highest BCUT2D eigenvalue weighted by Gasteiger charge is 2.31. The second-order valence-electron chi connectivity index (χ2n) is 6.18. The van der Waals surface area contributed by atoms with Crippen LogP contribution in [-0.4, -0.2) is 21.3 Å². The zero-order valence-corrected chi connectivity index (χ0v) is 13.2. The Morgan fingerprint density at radius 3 is 2.24 bits per heavy atom. The number of benzene rings is 2. The van der Waals surface area contributed by atoms with Gasteiger partial charge in [-0.05, 0) is 29.3 Å². The van der Waals surface area contributed by atoms with E-state index in [-0.39, 0.29) is 5.41 Å². The van der Waals surface area contributed by atoms with Gasteiger partial charge in [-0.2, -0.15) is 0 Å². The Morgan fingerprint density at radius 1 is 1.00 bits per heavy atom. The molecule has 0 atom stereocenters. The standard InChI is InChI=1S/C17H18O3S/c1-17(2)11-20-16-10-13(6-9-15(16)17)12-4-7-14(8-5-12)21(3,18)19/h4-10H,11H2,1-3H3. The number of sulfone groups is 1. The largest absolute Gasteiger partial charge is 0.492 e. The van der Waals surface area contributed by atoms with Crippen LogP contribution >= 0.6 is 0 Å². The molecule has 0 aliphatic carbocycles. The fraction of sp³-hybridized carbons (Fsp3) is 0.294. The average Bonchev–Trinajstić information content (AvgIpc) is 2.73. The molecule has 0 radical (unpaired) electrons. The Bertz CT molecular complexity index is 787. The fourth-order valence-corrected chi connectivity index (χ4v) is 3.24. The summed E-state index contributed by atoms with van der Waals surface area (Å²) in [5, 5.41) is 0. The van der Waals surface area contributed by atoms with Crippen LogP contribution in [0.15, 0.2) is 47.4 Å². The maximum atomic E-state index is 11.5. The zero-order valence-electron chi connectivity index (χ0n) is 12.4. The molecule has 110 valence electrons. The van der Waals surface area contributed by atoms with Gasteiger partial charge in [0, 0.05) is 17.2 Å². The van der Waals surface area contributed by atoms with Gasteiger partial charge in [-0.3, -0.25) is 0 Å². The molecule has 0 fully saturated rings. The minimum absolute atomic E-state index is 0.0496. The van der Waals surface area contributed by atoms with Crippen molar-refractivity contribution in [2.75, 3.05) is 12.9 Å². The van der Waals surface area contributed by atoms with E-state index in [0.29, 0.717) is 11.5 Å². The molecule has 0 unspecified atom stereocenters. The average molecular weight is 302 g/mol. The van der Waals surface area contributed by atoms with Crippen molar-refractivity contribution in [3.8, 4) is 16.9 Å². The van der Waals surface area contributed by atoms with Crippen LogP contribution in [0, 0.1) is 0 Å². The summed E-state index contributed by atoms with van der Waals surface area (Å²) < 4.78 is 28.7. The fourth-order valence-electron chi connectivity index (χ4n) is 2.61. The van der Waals surface area contributed by atoms with Crippen molar-refractivity contribution in [1.29, 1.82) is 0 Å². The summed E-state index contributed by atoms with van der Waals surface area (Å²) in [5.41, 5.74) is 3.29. The molecule has 3 rings (SSSR count). The molecule has 0 saturated heterocycles. The van der Waals surface area contributed by atoms with Gasteiger partial charge in [0.05, 0.1) is 11.5 Å². The molecule has 4 heteroatoms. The van der Waals surface area contributed by atoms with E-state index < -0.39 is 9.84 Å². The first kappa shape index (κ1) is 14.1. The van der Waals surface area contributed by atoms with Crippen LogP contribution in [0.3, 0.4) is 0 Å². The van der Waals surface area contributed by atoms with Crippen molar-refractivity contribution < 1.29 is 13.2 Å². The number of fused-ring (bicyclic) bond motifs is 1. The normalized spacial score (nSPS) is 16.3. The van der Waals surface area contributed by atoms with Crippen molar-refractivity contribution in [3.05, 3.63) is 48.0 Å². The summed E-state index contributed by atoms with van der Waals surface area (Å²) in [4.78, 5) is 0.338. The molecule has 1 aliphatic rings. The summed E-state index contributed by atoms with van der Waals surface area (Å²) in [7, 11) is -3.15. The van der Waals surface area contributed by atoms with Crippen molar-refractivity contribution in [2.24, 2.45) is 0 Å². The smallest absolute Gasteiger partial charge is 0.175 e. The van der Waals surface area contributed by atoms with E-state index in [1.165, 1.54) is 11.8 Å². The lowest BCUT2D eigenvalue weighted by atomic mass is 9.86. The summed E-state index contributed by atoms with van der Waals surface area (Å²) >= 11 is 0. The van der Waals surface area contributed by atoms with Crippen LogP contribution in [0.1, 0.15) is 19.4 Å². The summed E-state index contributed by atoms with van der Waals surface area (Å²) in [5.74, 6) is 0.921. The lowest BCUT2D eigenvalue weighted by Gasteiger charge is -2.15. The molecule has 21 heavy (non-hydrogen) atoms. The third kappa shape index (κ3) is 2.56. The number of hydrogen-bond donors (Lipinski definition) is 0. The Balaban J connectivity index is 1.99. The van der Waals surface area contributed by atoms with Gasteiger partial charge in [0.1, 0.15) is 5.75 Å². The number of rotatable bonds is 2. The van der Waals surface area contributed by atoms with Gasteiger partial charge in [0.2, 0.25) is 0 Å². The summed E-state index contributed by atoms with van der Waals surface area (Å²) in [6.07, 6.45) is 1.22. The molecular formula is C17H18O3S. The first-order chi connectivity index (χ1) is 9.77.